The van der Waals surface area contributed by atoms with Crippen molar-refractivity contribution in [2.45, 2.75) is 18.4 Å². The molecule has 2 aromatic rings. The predicted octanol–water partition coefficient (Wildman–Crippen LogP) is 2.86. The van der Waals surface area contributed by atoms with Gasteiger partial charge >= 0.3 is 0 Å². The highest BCUT2D eigenvalue weighted by molar-refractivity contribution is 6.34. The molecule has 1 saturated carbocycles. The van der Waals surface area contributed by atoms with Crippen LogP contribution in [-0.4, -0.2) is 33.6 Å². The molecule has 5 nitrogen and oxygen atoms in total. The maximum atomic E-state index is 12.6. The minimum Gasteiger partial charge on any atom is -0.323 e. The number of hydrogen-bond acceptors (Lipinski definition) is 3. The highest BCUT2D eigenvalue weighted by Gasteiger charge is 2.49. The molecule has 0 radical (unpaired) electrons. The molecule has 1 fully saturated rings. The van der Waals surface area contributed by atoms with Gasteiger partial charge in [-0.2, -0.15) is 10.4 Å². The van der Waals surface area contributed by atoms with Crippen LogP contribution in [0.3, 0.4) is 0 Å². The third-order valence-electron chi connectivity index (χ3n) is 3.91. The number of amides is 1. The zero-order valence-electron chi connectivity index (χ0n) is 11.4. The number of benzene rings is 1. The Morgan fingerprint density at radius 2 is 2.24 bits per heavy atom. The third kappa shape index (κ3) is 2.28. The molecule has 0 saturated heterocycles. The maximum Gasteiger partial charge on any atom is 0.256 e. The van der Waals surface area contributed by atoms with Gasteiger partial charge in [-0.15, -0.1) is 0 Å². The molecule has 3 rings (SSSR count). The van der Waals surface area contributed by atoms with Crippen LogP contribution in [0.25, 0.3) is 11.1 Å². The Kier molecular flexibility index (Phi) is 3.19. The lowest BCUT2D eigenvalue weighted by atomic mass is 10.0. The van der Waals surface area contributed by atoms with Crippen molar-refractivity contribution in [1.82, 2.24) is 15.1 Å². The van der Waals surface area contributed by atoms with E-state index in [-0.39, 0.29) is 5.91 Å². The first-order valence-corrected chi connectivity index (χ1v) is 6.93. The monoisotopic (exact) mass is 300 g/mol. The van der Waals surface area contributed by atoms with Crippen LogP contribution in [0.5, 0.6) is 0 Å². The molecule has 1 amide bonds. The summed E-state index contributed by atoms with van der Waals surface area (Å²) >= 11 is 6.16. The number of rotatable bonds is 3. The third-order valence-corrected chi connectivity index (χ3v) is 4.24. The van der Waals surface area contributed by atoms with Crippen LogP contribution in [0.15, 0.2) is 30.6 Å². The van der Waals surface area contributed by atoms with Crippen molar-refractivity contribution in [3.63, 3.8) is 0 Å². The summed E-state index contributed by atoms with van der Waals surface area (Å²) in [6.07, 6.45) is 4.85. The molecule has 1 aromatic carbocycles. The van der Waals surface area contributed by atoms with Crippen LogP contribution >= 0.6 is 11.6 Å². The van der Waals surface area contributed by atoms with Gasteiger partial charge in [0, 0.05) is 18.8 Å². The van der Waals surface area contributed by atoms with E-state index in [0.717, 1.165) is 11.1 Å². The number of aromatic nitrogens is 2. The summed E-state index contributed by atoms with van der Waals surface area (Å²) in [6, 6.07) is 7.47. The second kappa shape index (κ2) is 4.90. The SMILES string of the molecule is CN(C(=O)c1cc(-c2cn[nH]c2)ccc1Cl)C1(C#N)CC1. The first-order chi connectivity index (χ1) is 10.1. The Labute approximate surface area is 127 Å². The van der Waals surface area contributed by atoms with Crippen molar-refractivity contribution in [3.8, 4) is 17.2 Å². The fraction of sp³-hybridized carbons (Fsp3) is 0.267. The summed E-state index contributed by atoms with van der Waals surface area (Å²) < 4.78 is 0. The summed E-state index contributed by atoms with van der Waals surface area (Å²) in [5.74, 6) is -0.232. The van der Waals surface area contributed by atoms with Gasteiger partial charge < -0.3 is 4.90 Å². The molecule has 1 aliphatic rings. The molecule has 1 aromatic heterocycles. The minimum atomic E-state index is -0.661. The Hall–Kier alpha value is -2.32. The van der Waals surface area contributed by atoms with E-state index < -0.39 is 5.54 Å². The van der Waals surface area contributed by atoms with Crippen LogP contribution < -0.4 is 0 Å². The van der Waals surface area contributed by atoms with E-state index in [9.17, 15) is 10.1 Å². The summed E-state index contributed by atoms with van der Waals surface area (Å²) in [5, 5.41) is 16.2. The quantitative estimate of drug-likeness (QED) is 0.947. The van der Waals surface area contributed by atoms with Crippen LogP contribution in [0.4, 0.5) is 0 Å². The van der Waals surface area contributed by atoms with Crippen molar-refractivity contribution in [3.05, 3.63) is 41.2 Å². The van der Waals surface area contributed by atoms with Gasteiger partial charge in [0.05, 0.1) is 22.9 Å². The number of halogens is 1. The molecule has 1 N–H and O–H groups in total. The van der Waals surface area contributed by atoms with Gasteiger partial charge in [0.15, 0.2) is 0 Å². The van der Waals surface area contributed by atoms with Crippen LogP contribution in [0.2, 0.25) is 5.02 Å². The van der Waals surface area contributed by atoms with Gasteiger partial charge in [0.2, 0.25) is 0 Å². The van der Waals surface area contributed by atoms with Crippen LogP contribution in [-0.2, 0) is 0 Å². The van der Waals surface area contributed by atoms with E-state index in [1.54, 1.807) is 31.6 Å². The molecule has 0 unspecified atom stereocenters. The first-order valence-electron chi connectivity index (χ1n) is 6.55. The second-order valence-corrected chi connectivity index (χ2v) is 5.60. The van der Waals surface area contributed by atoms with Gasteiger partial charge in [0.25, 0.3) is 5.91 Å². The smallest absolute Gasteiger partial charge is 0.256 e. The lowest BCUT2D eigenvalue weighted by molar-refractivity contribution is 0.0749. The van der Waals surface area contributed by atoms with Gasteiger partial charge in [-0.1, -0.05) is 17.7 Å². The Morgan fingerprint density at radius 1 is 1.48 bits per heavy atom. The number of nitrogens with one attached hydrogen (secondary N) is 1. The van der Waals surface area contributed by atoms with Crippen molar-refractivity contribution in [2.75, 3.05) is 7.05 Å². The maximum absolute atomic E-state index is 12.6. The Bertz CT molecular complexity index is 729. The molecule has 106 valence electrons. The predicted molar refractivity (Wildman–Crippen MR) is 78.7 cm³/mol. The standard InChI is InChI=1S/C15H13ClN4O/c1-20(15(9-17)4-5-15)14(21)12-6-10(2-3-13(12)16)11-7-18-19-8-11/h2-3,6-8H,4-5H2,1H3,(H,18,19). The van der Waals surface area contributed by atoms with Crippen LogP contribution in [0.1, 0.15) is 23.2 Å². The van der Waals surface area contributed by atoms with Crippen molar-refractivity contribution in [2.24, 2.45) is 0 Å². The fourth-order valence-electron chi connectivity index (χ4n) is 2.29. The average Bonchev–Trinajstić information content (AvgIpc) is 3.12. The second-order valence-electron chi connectivity index (χ2n) is 5.19. The first kappa shape index (κ1) is 13.7. The Morgan fingerprint density at radius 3 is 2.81 bits per heavy atom. The summed E-state index contributed by atoms with van der Waals surface area (Å²) in [4.78, 5) is 14.1. The average molecular weight is 301 g/mol. The molecule has 0 aliphatic heterocycles. The van der Waals surface area contributed by atoms with Crippen molar-refractivity contribution >= 4 is 17.5 Å². The van der Waals surface area contributed by atoms with Crippen LogP contribution in [0, 0.1) is 11.3 Å². The number of hydrogen-bond donors (Lipinski definition) is 1. The van der Waals surface area contributed by atoms with Gasteiger partial charge in [0.1, 0.15) is 5.54 Å². The van der Waals surface area contributed by atoms with Gasteiger partial charge in [-0.3, -0.25) is 9.89 Å². The Balaban J connectivity index is 1.97. The summed E-state index contributed by atoms with van der Waals surface area (Å²) in [6.45, 7) is 0. The largest absolute Gasteiger partial charge is 0.323 e. The van der Waals surface area contributed by atoms with Gasteiger partial charge in [-0.25, -0.2) is 0 Å². The molecule has 0 bridgehead atoms. The van der Waals surface area contributed by atoms with E-state index in [1.807, 2.05) is 6.07 Å². The van der Waals surface area contributed by atoms with E-state index in [4.69, 9.17) is 11.6 Å². The lowest BCUT2D eigenvalue weighted by Crippen LogP contribution is -2.38. The molecule has 6 heteroatoms. The highest BCUT2D eigenvalue weighted by atomic mass is 35.5. The zero-order valence-corrected chi connectivity index (χ0v) is 12.2. The number of H-pyrrole nitrogens is 1. The molecule has 1 aliphatic carbocycles. The lowest BCUT2D eigenvalue weighted by Gasteiger charge is -2.23. The van der Waals surface area contributed by atoms with Crippen molar-refractivity contribution < 1.29 is 4.79 Å². The van der Waals surface area contributed by atoms with E-state index in [0.29, 0.717) is 23.4 Å². The summed E-state index contributed by atoms with van der Waals surface area (Å²) in [5.41, 5.74) is 1.47. The number of nitriles is 1. The van der Waals surface area contributed by atoms with Crippen molar-refractivity contribution in [1.29, 1.82) is 5.26 Å². The normalized spacial score (nSPS) is 15.3. The summed E-state index contributed by atoms with van der Waals surface area (Å²) in [7, 11) is 1.65. The number of nitrogens with zero attached hydrogens (tertiary/aromatic N) is 3. The molecule has 21 heavy (non-hydrogen) atoms. The molecular formula is C15H13ClN4O. The number of carbonyl (C=O) groups excluding carboxylic acids is 1. The number of carbonyl (C=O) groups is 1. The number of aromatic amines is 1. The zero-order chi connectivity index (χ0) is 15.0. The van der Waals surface area contributed by atoms with E-state index in [2.05, 4.69) is 16.3 Å². The molecule has 0 spiro atoms. The highest BCUT2D eigenvalue weighted by Crippen LogP contribution is 2.41. The molecular weight excluding hydrogens is 288 g/mol. The minimum absolute atomic E-state index is 0.232. The van der Waals surface area contributed by atoms with E-state index >= 15 is 0 Å². The van der Waals surface area contributed by atoms with E-state index in [1.165, 1.54) is 4.90 Å². The fourth-order valence-corrected chi connectivity index (χ4v) is 2.49. The van der Waals surface area contributed by atoms with Gasteiger partial charge in [-0.05, 0) is 30.5 Å². The molecule has 1 heterocycles. The topological polar surface area (TPSA) is 72.8 Å². The molecule has 0 atom stereocenters.